The lowest BCUT2D eigenvalue weighted by molar-refractivity contribution is -0.145. The highest BCUT2D eigenvalue weighted by Gasteiger charge is 2.75. The van der Waals surface area contributed by atoms with Crippen molar-refractivity contribution in [3.63, 3.8) is 0 Å². The second-order valence-corrected chi connectivity index (χ2v) is 8.11. The lowest BCUT2D eigenvalue weighted by Gasteiger charge is -2.18. The highest BCUT2D eigenvalue weighted by atomic mass is 19.2. The van der Waals surface area contributed by atoms with Gasteiger partial charge in [0, 0.05) is 18.6 Å². The zero-order valence-electron chi connectivity index (χ0n) is 17.3. The summed E-state index contributed by atoms with van der Waals surface area (Å²) < 4.78 is 67.7. The van der Waals surface area contributed by atoms with Gasteiger partial charge in [-0.05, 0) is 31.8 Å². The average molecular weight is 429 g/mol. The van der Waals surface area contributed by atoms with Gasteiger partial charge >= 0.3 is 5.97 Å². The molecule has 0 aromatic heterocycles. The van der Waals surface area contributed by atoms with Gasteiger partial charge in [-0.15, -0.1) is 0 Å². The molecule has 1 N–H and O–H groups in total. The number of nitriles is 1. The number of aliphatic carboxylic acids is 1. The zero-order chi connectivity index (χ0) is 23.0. The van der Waals surface area contributed by atoms with Crippen molar-refractivity contribution in [2.24, 2.45) is 16.7 Å². The minimum atomic E-state index is -1.79. The van der Waals surface area contributed by atoms with E-state index < -0.39 is 70.1 Å². The Balaban J connectivity index is 2.58. The Labute approximate surface area is 171 Å². The maximum Gasteiger partial charge on any atom is 0.311 e. The Kier molecular flexibility index (Phi) is 6.52. The van der Waals surface area contributed by atoms with Crippen LogP contribution in [0.1, 0.15) is 38.8 Å². The molecule has 0 bridgehead atoms. The van der Waals surface area contributed by atoms with Crippen LogP contribution in [0.25, 0.3) is 0 Å². The standard InChI is InChI=1S/C21H23F4NO4/c1-10(2)30-11(8-26)6-14-20(3,4)21(14,19(27)28)7-12-15(22)17(24)13(9-29-5)18(25)16(12)23/h6,10,14H,7,9H2,1-5H3,(H,27,28)/b11-6+/t14?,21-/m0/s1. The zero-order valence-corrected chi connectivity index (χ0v) is 17.3. The summed E-state index contributed by atoms with van der Waals surface area (Å²) in [4.78, 5) is 12.2. The Morgan fingerprint density at radius 1 is 1.17 bits per heavy atom. The summed E-state index contributed by atoms with van der Waals surface area (Å²) in [6.07, 6.45) is 0.120. The lowest BCUT2D eigenvalue weighted by Crippen LogP contribution is -2.26. The van der Waals surface area contributed by atoms with Crippen LogP contribution in [0.5, 0.6) is 0 Å². The molecule has 0 amide bonds. The van der Waals surface area contributed by atoms with Gasteiger partial charge in [-0.3, -0.25) is 4.79 Å². The van der Waals surface area contributed by atoms with Gasteiger partial charge in [-0.25, -0.2) is 17.6 Å². The summed E-state index contributed by atoms with van der Waals surface area (Å²) >= 11 is 0. The first-order chi connectivity index (χ1) is 13.9. The molecule has 1 aliphatic rings. The lowest BCUT2D eigenvalue weighted by atomic mass is 9.87. The van der Waals surface area contributed by atoms with Gasteiger partial charge in [0.15, 0.2) is 29.0 Å². The molecule has 164 valence electrons. The number of benzene rings is 1. The molecule has 0 saturated heterocycles. The molecule has 0 aliphatic heterocycles. The van der Waals surface area contributed by atoms with Crippen LogP contribution in [-0.2, 0) is 27.3 Å². The van der Waals surface area contributed by atoms with Crippen molar-refractivity contribution in [2.75, 3.05) is 7.11 Å². The molecule has 1 saturated carbocycles. The van der Waals surface area contributed by atoms with Gasteiger partial charge in [0.2, 0.25) is 0 Å². The number of carboxylic acid groups (broad SMARTS) is 1. The van der Waals surface area contributed by atoms with E-state index in [4.69, 9.17) is 4.74 Å². The number of halogens is 4. The fraction of sp³-hybridized carbons (Fsp3) is 0.524. The van der Waals surface area contributed by atoms with Crippen LogP contribution >= 0.6 is 0 Å². The van der Waals surface area contributed by atoms with Gasteiger partial charge in [0.05, 0.1) is 23.7 Å². The van der Waals surface area contributed by atoms with Crippen LogP contribution in [0, 0.1) is 51.3 Å². The van der Waals surface area contributed by atoms with Crippen LogP contribution < -0.4 is 0 Å². The Hall–Kier alpha value is -2.60. The molecule has 5 nitrogen and oxygen atoms in total. The largest absolute Gasteiger partial charge is 0.481 e. The van der Waals surface area contributed by atoms with Crippen molar-refractivity contribution in [1.29, 1.82) is 5.26 Å². The first-order valence-electron chi connectivity index (χ1n) is 9.21. The molecule has 2 atom stereocenters. The molecule has 1 aromatic carbocycles. The number of rotatable bonds is 8. The second-order valence-electron chi connectivity index (χ2n) is 8.11. The van der Waals surface area contributed by atoms with Gasteiger partial charge in [0.1, 0.15) is 6.07 Å². The fourth-order valence-electron chi connectivity index (χ4n) is 4.00. The van der Waals surface area contributed by atoms with E-state index in [9.17, 15) is 32.7 Å². The summed E-state index contributed by atoms with van der Waals surface area (Å²) in [6.45, 7) is 5.73. The first-order valence-corrected chi connectivity index (χ1v) is 9.21. The molecule has 1 aromatic rings. The van der Waals surface area contributed by atoms with E-state index >= 15 is 0 Å². The maximum absolute atomic E-state index is 14.6. The van der Waals surface area contributed by atoms with Crippen LogP contribution in [0.4, 0.5) is 17.6 Å². The van der Waals surface area contributed by atoms with Crippen molar-refractivity contribution in [1.82, 2.24) is 0 Å². The first kappa shape index (κ1) is 23.7. The number of ether oxygens (including phenoxy) is 2. The van der Waals surface area contributed by atoms with Crippen LogP contribution in [0.3, 0.4) is 0 Å². The van der Waals surface area contributed by atoms with Crippen molar-refractivity contribution < 1.29 is 36.9 Å². The molecule has 1 fully saturated rings. The SMILES string of the molecule is COCc1c(F)c(F)c(C[C@@]2(C(=O)O)C(/C=C(\C#N)OC(C)C)C2(C)C)c(F)c1F. The van der Waals surface area contributed by atoms with E-state index in [0.29, 0.717) is 0 Å². The third kappa shape index (κ3) is 3.65. The summed E-state index contributed by atoms with van der Waals surface area (Å²) in [5, 5.41) is 19.1. The number of methoxy groups -OCH3 is 1. The molecular formula is C21H23F4NO4. The monoisotopic (exact) mass is 429 g/mol. The number of allylic oxidation sites excluding steroid dienone is 2. The third-order valence-electron chi connectivity index (χ3n) is 5.74. The predicted octanol–water partition coefficient (Wildman–Crippen LogP) is 4.49. The number of nitrogens with zero attached hydrogens (tertiary/aromatic N) is 1. The topological polar surface area (TPSA) is 79.5 Å². The van der Waals surface area contributed by atoms with Crippen molar-refractivity contribution in [3.05, 3.63) is 46.2 Å². The van der Waals surface area contributed by atoms with Crippen LogP contribution in [-0.4, -0.2) is 24.3 Å². The molecule has 9 heteroatoms. The molecule has 2 rings (SSSR count). The smallest absolute Gasteiger partial charge is 0.311 e. The molecule has 1 unspecified atom stereocenters. The summed E-state index contributed by atoms with van der Waals surface area (Å²) in [5.41, 5.74) is -4.78. The minimum Gasteiger partial charge on any atom is -0.481 e. The normalized spacial score (nSPS) is 22.7. The minimum absolute atomic E-state index is 0.139. The Bertz CT molecular complexity index is 907. The number of hydrogen-bond donors (Lipinski definition) is 1. The highest BCUT2D eigenvalue weighted by Crippen LogP contribution is 2.71. The molecule has 1 aliphatic carbocycles. The number of carboxylic acids is 1. The van der Waals surface area contributed by atoms with E-state index in [2.05, 4.69) is 4.74 Å². The maximum atomic E-state index is 14.6. The second kappa shape index (κ2) is 8.26. The van der Waals surface area contributed by atoms with Crippen LogP contribution in [0.2, 0.25) is 0 Å². The average Bonchev–Trinajstić information content (AvgIpc) is 3.14. The van der Waals surface area contributed by atoms with Crippen molar-refractivity contribution >= 4 is 5.97 Å². The number of carbonyl (C=O) groups is 1. The fourth-order valence-corrected chi connectivity index (χ4v) is 4.00. The third-order valence-corrected chi connectivity index (χ3v) is 5.74. The van der Waals surface area contributed by atoms with Gasteiger partial charge in [0.25, 0.3) is 0 Å². The van der Waals surface area contributed by atoms with E-state index in [1.807, 2.05) is 6.07 Å². The number of hydrogen-bond acceptors (Lipinski definition) is 4. The van der Waals surface area contributed by atoms with E-state index in [1.54, 1.807) is 13.8 Å². The molecule has 30 heavy (non-hydrogen) atoms. The molecule has 0 radical (unpaired) electrons. The van der Waals surface area contributed by atoms with E-state index in [1.165, 1.54) is 19.9 Å². The molecule has 0 heterocycles. The quantitative estimate of drug-likeness (QED) is 0.285. The molecular weight excluding hydrogens is 406 g/mol. The van der Waals surface area contributed by atoms with Gasteiger partial charge in [-0.1, -0.05) is 13.8 Å². The summed E-state index contributed by atoms with van der Waals surface area (Å²) in [6, 6.07) is 1.81. The highest BCUT2D eigenvalue weighted by molar-refractivity contribution is 5.82. The Morgan fingerprint density at radius 3 is 2.07 bits per heavy atom. The van der Waals surface area contributed by atoms with Gasteiger partial charge in [-0.2, -0.15) is 5.26 Å². The summed E-state index contributed by atoms with van der Waals surface area (Å²) in [5.74, 6) is -8.98. The van der Waals surface area contributed by atoms with Crippen LogP contribution in [0.15, 0.2) is 11.8 Å². The molecule has 0 spiro atoms. The van der Waals surface area contributed by atoms with Gasteiger partial charge < -0.3 is 14.6 Å². The van der Waals surface area contributed by atoms with E-state index in [0.717, 1.165) is 7.11 Å². The Morgan fingerprint density at radius 2 is 1.67 bits per heavy atom. The van der Waals surface area contributed by atoms with E-state index in [-0.39, 0.29) is 11.9 Å². The van der Waals surface area contributed by atoms with Crippen molar-refractivity contribution in [3.8, 4) is 6.07 Å². The van der Waals surface area contributed by atoms with Crippen molar-refractivity contribution in [2.45, 2.75) is 46.8 Å². The predicted molar refractivity (Wildman–Crippen MR) is 97.9 cm³/mol. The summed E-state index contributed by atoms with van der Waals surface area (Å²) in [7, 11) is 1.11.